The summed E-state index contributed by atoms with van der Waals surface area (Å²) in [4.78, 5) is 23.4. The number of likely N-dealkylation sites (tertiary alicyclic amines) is 1. The summed E-state index contributed by atoms with van der Waals surface area (Å²) in [6, 6.07) is 14.6. The van der Waals surface area contributed by atoms with Gasteiger partial charge in [0.2, 0.25) is 0 Å². The number of aliphatic imine (C=N–C) groups is 1. The third kappa shape index (κ3) is 6.84. The number of nitrogens with zero attached hydrogens (tertiary/aromatic N) is 3. The lowest BCUT2D eigenvalue weighted by Crippen LogP contribution is -2.42. The second kappa shape index (κ2) is 11.9. The minimum atomic E-state index is -0.116. The van der Waals surface area contributed by atoms with Gasteiger partial charge in [0, 0.05) is 44.6 Å². The van der Waals surface area contributed by atoms with Crippen LogP contribution < -0.4 is 16.0 Å². The number of hydrogen-bond donors (Lipinski definition) is 3. The fourth-order valence-electron chi connectivity index (χ4n) is 3.62. The van der Waals surface area contributed by atoms with Gasteiger partial charge in [0.25, 0.3) is 5.91 Å². The van der Waals surface area contributed by atoms with Crippen molar-refractivity contribution in [2.75, 3.05) is 32.7 Å². The van der Waals surface area contributed by atoms with Gasteiger partial charge in [-0.2, -0.15) is 0 Å². The Labute approximate surface area is 179 Å². The van der Waals surface area contributed by atoms with E-state index in [-0.39, 0.29) is 5.91 Å². The zero-order valence-electron chi connectivity index (χ0n) is 17.7. The van der Waals surface area contributed by atoms with Crippen LogP contribution in [0, 0.1) is 0 Å². The Kier molecular flexibility index (Phi) is 8.65. The van der Waals surface area contributed by atoms with E-state index in [2.05, 4.69) is 63.1 Å². The Hall–Kier alpha value is -2.93. The first-order chi connectivity index (χ1) is 14.8. The van der Waals surface area contributed by atoms with Crippen LogP contribution in [0.15, 0.2) is 59.9 Å². The third-order valence-corrected chi connectivity index (χ3v) is 5.16. The van der Waals surface area contributed by atoms with Gasteiger partial charge in [-0.25, -0.2) is 0 Å². The highest BCUT2D eigenvalue weighted by molar-refractivity contribution is 5.93. The summed E-state index contributed by atoms with van der Waals surface area (Å²) in [6.07, 6.45) is 5.62. The first kappa shape index (κ1) is 21.8. The van der Waals surface area contributed by atoms with E-state index in [9.17, 15) is 4.79 Å². The van der Waals surface area contributed by atoms with Crippen molar-refractivity contribution in [3.8, 4) is 0 Å². The zero-order chi connectivity index (χ0) is 21.0. The van der Waals surface area contributed by atoms with Crippen molar-refractivity contribution >= 4 is 11.9 Å². The highest BCUT2D eigenvalue weighted by Crippen LogP contribution is 2.20. The molecule has 1 unspecified atom stereocenters. The van der Waals surface area contributed by atoms with Crippen molar-refractivity contribution in [3.63, 3.8) is 0 Å². The number of rotatable bonds is 9. The number of carbonyl (C=O) groups excluding carboxylic acids is 1. The highest BCUT2D eigenvalue weighted by Gasteiger charge is 2.24. The summed E-state index contributed by atoms with van der Waals surface area (Å²) in [6.45, 7) is 6.85. The lowest BCUT2D eigenvalue weighted by molar-refractivity contribution is 0.0954. The van der Waals surface area contributed by atoms with Gasteiger partial charge < -0.3 is 16.0 Å². The fraction of sp³-hybridized carbons (Fsp3) is 0.435. The van der Waals surface area contributed by atoms with Crippen LogP contribution in [-0.2, 0) is 6.54 Å². The Balaban J connectivity index is 1.44. The molecule has 160 valence electrons. The molecular formula is C23H32N6O. The molecular weight excluding hydrogens is 376 g/mol. The minimum absolute atomic E-state index is 0.116. The molecule has 7 heteroatoms. The molecule has 0 saturated carbocycles. The van der Waals surface area contributed by atoms with Gasteiger partial charge in [-0.3, -0.25) is 19.7 Å². The van der Waals surface area contributed by atoms with Crippen LogP contribution in [0.1, 0.15) is 35.7 Å². The molecule has 7 nitrogen and oxygen atoms in total. The van der Waals surface area contributed by atoms with E-state index in [4.69, 9.17) is 4.99 Å². The normalized spacial score (nSPS) is 17.0. The van der Waals surface area contributed by atoms with Gasteiger partial charge in [-0.15, -0.1) is 0 Å². The van der Waals surface area contributed by atoms with Crippen LogP contribution >= 0.6 is 0 Å². The Morgan fingerprint density at radius 2 is 1.97 bits per heavy atom. The average Bonchev–Trinajstić information content (AvgIpc) is 3.23. The summed E-state index contributed by atoms with van der Waals surface area (Å²) >= 11 is 0. The van der Waals surface area contributed by atoms with Crippen LogP contribution in [0.3, 0.4) is 0 Å². The van der Waals surface area contributed by atoms with Gasteiger partial charge in [0.05, 0.1) is 12.1 Å². The molecule has 1 aromatic carbocycles. The standard InChI is InChI=1S/C23H32N6O/c1-2-25-23(27-14-13-26-22(30)20-10-6-12-24-16-20)28-17-21-11-7-15-29(21)18-19-8-4-3-5-9-19/h3-6,8-10,12,16,21H,2,7,11,13-15,17-18H2,1H3,(H,26,30)(H2,25,27,28). The molecule has 1 amide bonds. The molecule has 1 atom stereocenters. The molecule has 1 aliphatic rings. The number of benzene rings is 1. The first-order valence-electron chi connectivity index (χ1n) is 10.7. The maximum absolute atomic E-state index is 12.1. The van der Waals surface area contributed by atoms with Crippen LogP contribution in [-0.4, -0.2) is 60.5 Å². The fourth-order valence-corrected chi connectivity index (χ4v) is 3.62. The van der Waals surface area contributed by atoms with Gasteiger partial charge in [0.15, 0.2) is 5.96 Å². The Bertz CT molecular complexity index is 796. The molecule has 3 N–H and O–H groups in total. The minimum Gasteiger partial charge on any atom is -0.357 e. The van der Waals surface area contributed by atoms with Crippen molar-refractivity contribution < 1.29 is 4.79 Å². The molecule has 0 bridgehead atoms. The molecule has 3 rings (SSSR count). The predicted molar refractivity (Wildman–Crippen MR) is 120 cm³/mol. The van der Waals surface area contributed by atoms with E-state index < -0.39 is 0 Å². The molecule has 1 aliphatic heterocycles. The molecule has 2 aromatic rings. The van der Waals surface area contributed by atoms with E-state index >= 15 is 0 Å². The zero-order valence-corrected chi connectivity index (χ0v) is 17.7. The lowest BCUT2D eigenvalue weighted by atomic mass is 10.2. The van der Waals surface area contributed by atoms with E-state index in [1.807, 2.05) is 0 Å². The maximum atomic E-state index is 12.1. The van der Waals surface area contributed by atoms with E-state index in [0.29, 0.717) is 24.7 Å². The molecule has 1 aromatic heterocycles. The van der Waals surface area contributed by atoms with E-state index in [0.717, 1.165) is 32.1 Å². The van der Waals surface area contributed by atoms with Gasteiger partial charge in [-0.1, -0.05) is 30.3 Å². The predicted octanol–water partition coefficient (Wildman–Crippen LogP) is 2.03. The van der Waals surface area contributed by atoms with Gasteiger partial charge >= 0.3 is 0 Å². The highest BCUT2D eigenvalue weighted by atomic mass is 16.1. The molecule has 1 saturated heterocycles. The molecule has 0 aliphatic carbocycles. The van der Waals surface area contributed by atoms with Crippen molar-refractivity contribution in [2.24, 2.45) is 4.99 Å². The number of pyridine rings is 1. The van der Waals surface area contributed by atoms with Gasteiger partial charge in [0.1, 0.15) is 0 Å². The Morgan fingerprint density at radius 3 is 2.73 bits per heavy atom. The second-order valence-corrected chi connectivity index (χ2v) is 7.40. The number of carbonyl (C=O) groups is 1. The number of aromatic nitrogens is 1. The quantitative estimate of drug-likeness (QED) is 0.336. The summed E-state index contributed by atoms with van der Waals surface area (Å²) in [5.74, 6) is 0.675. The molecule has 0 spiro atoms. The smallest absolute Gasteiger partial charge is 0.252 e. The number of hydrogen-bond acceptors (Lipinski definition) is 4. The SMILES string of the molecule is CCNC(=NCC1CCCN1Cc1ccccc1)NCCNC(=O)c1cccnc1. The summed E-state index contributed by atoms with van der Waals surface area (Å²) < 4.78 is 0. The van der Waals surface area contributed by atoms with Crippen molar-refractivity contribution in [3.05, 3.63) is 66.0 Å². The van der Waals surface area contributed by atoms with Crippen LogP contribution in [0.2, 0.25) is 0 Å². The maximum Gasteiger partial charge on any atom is 0.252 e. The molecule has 30 heavy (non-hydrogen) atoms. The molecule has 2 heterocycles. The topological polar surface area (TPSA) is 81.7 Å². The van der Waals surface area contributed by atoms with E-state index in [1.54, 1.807) is 24.5 Å². The second-order valence-electron chi connectivity index (χ2n) is 7.40. The van der Waals surface area contributed by atoms with Gasteiger partial charge in [-0.05, 0) is 44.0 Å². The summed E-state index contributed by atoms with van der Waals surface area (Å²) in [5.41, 5.74) is 1.92. The number of guanidine groups is 1. The number of amides is 1. The van der Waals surface area contributed by atoms with E-state index in [1.165, 1.54) is 18.4 Å². The van der Waals surface area contributed by atoms with Crippen molar-refractivity contribution in [1.29, 1.82) is 0 Å². The third-order valence-electron chi connectivity index (χ3n) is 5.16. The van der Waals surface area contributed by atoms with Crippen LogP contribution in [0.25, 0.3) is 0 Å². The van der Waals surface area contributed by atoms with Crippen LogP contribution in [0.5, 0.6) is 0 Å². The largest absolute Gasteiger partial charge is 0.357 e. The number of nitrogens with one attached hydrogen (secondary N) is 3. The lowest BCUT2D eigenvalue weighted by Gasteiger charge is -2.23. The Morgan fingerprint density at radius 1 is 1.13 bits per heavy atom. The molecule has 0 radical (unpaired) electrons. The average molecular weight is 409 g/mol. The van der Waals surface area contributed by atoms with Crippen molar-refractivity contribution in [1.82, 2.24) is 25.8 Å². The summed E-state index contributed by atoms with van der Waals surface area (Å²) in [5, 5.41) is 9.49. The van der Waals surface area contributed by atoms with Crippen LogP contribution in [0.4, 0.5) is 0 Å². The van der Waals surface area contributed by atoms with Crippen molar-refractivity contribution in [2.45, 2.75) is 32.4 Å². The first-order valence-corrected chi connectivity index (χ1v) is 10.7. The summed E-state index contributed by atoms with van der Waals surface area (Å²) in [7, 11) is 0. The monoisotopic (exact) mass is 408 g/mol. The molecule has 1 fully saturated rings.